The lowest BCUT2D eigenvalue weighted by molar-refractivity contribution is -0.151. The van der Waals surface area contributed by atoms with Crippen LogP contribution >= 0.6 is 7.75 Å². The van der Waals surface area contributed by atoms with E-state index in [1.165, 1.54) is 12.1 Å². The molecular weight excluding hydrogens is 523 g/mol. The second-order valence-electron chi connectivity index (χ2n) is 8.91. The predicted octanol–water partition coefficient (Wildman–Crippen LogP) is 0.216. The minimum absolute atomic E-state index is 0.122. The number of aliphatic hydroxyl groups excluding tert-OH is 1. The van der Waals surface area contributed by atoms with E-state index in [1.807, 2.05) is 4.98 Å². The molecule has 1 aliphatic heterocycles. The van der Waals surface area contributed by atoms with Crippen molar-refractivity contribution in [3.63, 3.8) is 0 Å². The van der Waals surface area contributed by atoms with Crippen LogP contribution in [0.25, 0.3) is 0 Å². The number of nitriles is 1. The predicted molar refractivity (Wildman–Crippen MR) is 131 cm³/mol. The van der Waals surface area contributed by atoms with Crippen LogP contribution in [0.2, 0.25) is 0 Å². The maximum atomic E-state index is 13.5. The Morgan fingerprint density at radius 1 is 1.32 bits per heavy atom. The van der Waals surface area contributed by atoms with Gasteiger partial charge in [0.15, 0.2) is 5.60 Å². The normalized spacial score (nSPS) is 26.4. The SMILES string of the molecule is CC(C)C(=O)OCCNP(=O)(OCC1OC(C#N)(n2ccc(=O)[nH]c2=O)C(C)(O)C1O)Oc1ccccc1. The van der Waals surface area contributed by atoms with Gasteiger partial charge in [-0.05, 0) is 19.1 Å². The maximum absolute atomic E-state index is 13.5. The molecule has 15 heteroatoms. The number of aliphatic hydroxyl groups is 2. The van der Waals surface area contributed by atoms with Crippen molar-refractivity contribution in [3.8, 4) is 11.8 Å². The highest BCUT2D eigenvalue weighted by Crippen LogP contribution is 2.47. The molecule has 1 saturated heterocycles. The summed E-state index contributed by atoms with van der Waals surface area (Å²) < 4.78 is 35.9. The summed E-state index contributed by atoms with van der Waals surface area (Å²) in [7, 11) is -4.20. The molecule has 5 atom stereocenters. The zero-order chi connectivity index (χ0) is 28.1. The zero-order valence-electron chi connectivity index (χ0n) is 20.9. The number of benzene rings is 1. The van der Waals surface area contributed by atoms with E-state index in [2.05, 4.69) is 5.09 Å². The van der Waals surface area contributed by atoms with E-state index >= 15 is 0 Å². The average molecular weight is 552 g/mol. The standard InChI is InChI=1S/C23H29N4O10P/c1-15(2)20(30)34-12-10-25-38(33,37-16-7-5-4-6-8-16)35-13-17-19(29)22(3,32)23(14-24,36-17)27-11-9-18(28)26-21(27)31/h4-9,11,15,17,19,29,32H,10,12-13H2,1-3H3,(H,25,33)(H,26,28,31). The van der Waals surface area contributed by atoms with Crippen LogP contribution in [-0.2, 0) is 29.1 Å². The van der Waals surface area contributed by atoms with Gasteiger partial charge in [-0.1, -0.05) is 32.0 Å². The monoisotopic (exact) mass is 552 g/mol. The van der Waals surface area contributed by atoms with Gasteiger partial charge in [-0.3, -0.25) is 23.7 Å². The third kappa shape index (κ3) is 6.05. The number of aromatic amines is 1. The quantitative estimate of drug-likeness (QED) is 0.168. The molecule has 4 N–H and O–H groups in total. The number of para-hydroxylation sites is 1. The zero-order valence-corrected chi connectivity index (χ0v) is 21.8. The number of nitrogens with zero attached hydrogens (tertiary/aromatic N) is 2. The molecular formula is C23H29N4O10P. The molecule has 1 fully saturated rings. The maximum Gasteiger partial charge on any atom is 0.458 e. The van der Waals surface area contributed by atoms with Gasteiger partial charge in [-0.2, -0.15) is 5.26 Å². The van der Waals surface area contributed by atoms with Crippen molar-refractivity contribution in [2.24, 2.45) is 5.92 Å². The molecule has 0 radical (unpaired) electrons. The second-order valence-corrected chi connectivity index (χ2v) is 10.7. The van der Waals surface area contributed by atoms with Crippen LogP contribution in [0.1, 0.15) is 20.8 Å². The minimum atomic E-state index is -4.20. The van der Waals surface area contributed by atoms with Crippen LogP contribution in [0.5, 0.6) is 5.75 Å². The van der Waals surface area contributed by atoms with Gasteiger partial charge in [-0.25, -0.2) is 14.4 Å². The summed E-state index contributed by atoms with van der Waals surface area (Å²) in [5.74, 6) is -0.641. The molecule has 1 aromatic heterocycles. The lowest BCUT2D eigenvalue weighted by Gasteiger charge is -2.34. The number of hydrogen-bond acceptors (Lipinski definition) is 11. The van der Waals surface area contributed by atoms with Gasteiger partial charge in [-0.15, -0.1) is 0 Å². The Morgan fingerprint density at radius 2 is 2.00 bits per heavy atom. The largest absolute Gasteiger partial charge is 0.464 e. The Bertz CT molecular complexity index is 1340. The van der Waals surface area contributed by atoms with Crippen molar-refractivity contribution in [1.82, 2.24) is 14.6 Å². The first kappa shape index (κ1) is 29.2. The first-order valence-electron chi connectivity index (χ1n) is 11.6. The van der Waals surface area contributed by atoms with Crippen molar-refractivity contribution >= 4 is 13.7 Å². The molecule has 3 rings (SSSR count). The Balaban J connectivity index is 1.81. The molecule has 0 amide bonds. The fourth-order valence-corrected chi connectivity index (χ4v) is 4.96. The van der Waals surface area contributed by atoms with E-state index < -0.39 is 55.1 Å². The lowest BCUT2D eigenvalue weighted by atomic mass is 9.88. The van der Waals surface area contributed by atoms with Gasteiger partial charge in [0.05, 0.1) is 12.5 Å². The lowest BCUT2D eigenvalue weighted by Crippen LogP contribution is -2.58. The summed E-state index contributed by atoms with van der Waals surface area (Å²) in [5.41, 5.74) is -6.66. The van der Waals surface area contributed by atoms with Crippen molar-refractivity contribution in [2.45, 2.75) is 44.3 Å². The van der Waals surface area contributed by atoms with Crippen molar-refractivity contribution in [2.75, 3.05) is 19.8 Å². The van der Waals surface area contributed by atoms with Crippen LogP contribution in [0.3, 0.4) is 0 Å². The number of hydrogen-bond donors (Lipinski definition) is 4. The van der Waals surface area contributed by atoms with Crippen molar-refractivity contribution in [1.29, 1.82) is 5.26 Å². The molecule has 2 heterocycles. The minimum Gasteiger partial charge on any atom is -0.464 e. The van der Waals surface area contributed by atoms with E-state index in [9.17, 15) is 34.4 Å². The number of rotatable bonds is 11. The molecule has 2 aromatic rings. The first-order valence-corrected chi connectivity index (χ1v) is 13.1. The molecule has 14 nitrogen and oxygen atoms in total. The van der Waals surface area contributed by atoms with Gasteiger partial charge in [0, 0.05) is 18.8 Å². The Hall–Kier alpha value is -3.31. The van der Waals surface area contributed by atoms with E-state index in [0.717, 1.165) is 19.2 Å². The summed E-state index contributed by atoms with van der Waals surface area (Å²) in [4.78, 5) is 37.5. The Kier molecular flexibility index (Phi) is 8.94. The van der Waals surface area contributed by atoms with Gasteiger partial charge >= 0.3 is 19.4 Å². The van der Waals surface area contributed by atoms with Crippen LogP contribution in [0.15, 0.2) is 52.2 Å². The first-order chi connectivity index (χ1) is 17.8. The number of esters is 1. The fraction of sp³-hybridized carbons (Fsp3) is 0.478. The van der Waals surface area contributed by atoms with Crippen LogP contribution in [0, 0.1) is 17.2 Å². The molecule has 206 valence electrons. The highest BCUT2D eigenvalue weighted by molar-refractivity contribution is 7.52. The topological polar surface area (TPSA) is 202 Å². The number of H-pyrrole nitrogens is 1. The Labute approximate surface area is 217 Å². The van der Waals surface area contributed by atoms with Gasteiger partial charge in [0.25, 0.3) is 11.3 Å². The van der Waals surface area contributed by atoms with Gasteiger partial charge in [0.2, 0.25) is 0 Å². The molecule has 38 heavy (non-hydrogen) atoms. The highest BCUT2D eigenvalue weighted by atomic mass is 31.2. The average Bonchev–Trinajstić information content (AvgIpc) is 3.06. The molecule has 1 aromatic carbocycles. The van der Waals surface area contributed by atoms with E-state index in [-0.39, 0.29) is 24.8 Å². The molecule has 5 unspecified atom stereocenters. The fourth-order valence-electron chi connectivity index (χ4n) is 3.65. The van der Waals surface area contributed by atoms with Crippen LogP contribution in [0.4, 0.5) is 0 Å². The summed E-state index contributed by atoms with van der Waals surface area (Å²) in [6, 6.07) is 10.6. The Morgan fingerprint density at radius 3 is 2.61 bits per heavy atom. The van der Waals surface area contributed by atoms with Gasteiger partial charge < -0.3 is 24.2 Å². The number of carbonyl (C=O) groups excluding carboxylic acids is 1. The molecule has 0 spiro atoms. The summed E-state index contributed by atoms with van der Waals surface area (Å²) in [6.07, 6.45) is -2.34. The second kappa shape index (κ2) is 11.6. The smallest absolute Gasteiger partial charge is 0.458 e. The van der Waals surface area contributed by atoms with E-state index in [4.69, 9.17) is 18.5 Å². The molecule has 0 saturated carbocycles. The third-order valence-electron chi connectivity index (χ3n) is 5.75. The number of ether oxygens (including phenoxy) is 2. The summed E-state index contributed by atoms with van der Waals surface area (Å²) in [5, 5.41) is 34.3. The summed E-state index contributed by atoms with van der Waals surface area (Å²) in [6.45, 7) is 3.45. The van der Waals surface area contributed by atoms with Gasteiger partial charge in [0.1, 0.15) is 30.6 Å². The molecule has 0 bridgehead atoms. The van der Waals surface area contributed by atoms with E-state index in [0.29, 0.717) is 4.57 Å². The van der Waals surface area contributed by atoms with Crippen molar-refractivity contribution in [3.05, 3.63) is 63.4 Å². The van der Waals surface area contributed by atoms with Crippen LogP contribution < -0.4 is 20.9 Å². The van der Waals surface area contributed by atoms with E-state index in [1.54, 1.807) is 38.1 Å². The highest BCUT2D eigenvalue weighted by Gasteiger charge is 2.65. The molecule has 1 aliphatic rings. The van der Waals surface area contributed by atoms with Crippen LogP contribution in [-0.4, -0.2) is 63.3 Å². The molecule has 0 aliphatic carbocycles. The summed E-state index contributed by atoms with van der Waals surface area (Å²) >= 11 is 0. The third-order valence-corrected chi connectivity index (χ3v) is 7.30. The number of nitrogens with one attached hydrogen (secondary N) is 2. The number of carbonyl (C=O) groups is 1. The van der Waals surface area contributed by atoms with Crippen molar-refractivity contribution < 1.29 is 38.1 Å². The number of aromatic nitrogens is 2.